The van der Waals surface area contributed by atoms with Crippen LogP contribution >= 0.6 is 0 Å². The number of likely N-dealkylation sites (tertiary alicyclic amines) is 1. The van der Waals surface area contributed by atoms with Gasteiger partial charge in [0.1, 0.15) is 17.9 Å². The fourth-order valence-corrected chi connectivity index (χ4v) is 3.87. The van der Waals surface area contributed by atoms with Crippen LogP contribution in [0.4, 0.5) is 5.69 Å². The van der Waals surface area contributed by atoms with Crippen LogP contribution < -0.4 is 10.5 Å². The average molecular weight is 411 g/mol. The molecule has 0 spiro atoms. The molecule has 1 heterocycles. The zero-order valence-electron chi connectivity index (χ0n) is 18.0. The molecule has 2 N–H and O–H groups in total. The van der Waals surface area contributed by atoms with Crippen LogP contribution in [-0.4, -0.2) is 43.2 Å². The molecular formula is C25H34N2O3. The number of benzene rings is 2. The molecule has 0 amide bonds. The topological polar surface area (TPSA) is 64.8 Å². The van der Waals surface area contributed by atoms with Gasteiger partial charge in [-0.15, -0.1) is 0 Å². The van der Waals surface area contributed by atoms with Crippen molar-refractivity contribution in [1.29, 1.82) is 0 Å². The number of hydrogen-bond acceptors (Lipinski definition) is 5. The minimum Gasteiger partial charge on any atom is -0.493 e. The SMILES string of the molecule is CCCCOc1cc(N)ccc1C(=O)OC[C@H](Cc1ccccc1)N1CCCCC1. The number of anilines is 1. The summed E-state index contributed by atoms with van der Waals surface area (Å²) in [6.45, 7) is 5.15. The molecule has 1 aliphatic rings. The first-order valence-corrected chi connectivity index (χ1v) is 11.1. The number of nitrogen functional groups attached to an aromatic ring is 1. The number of nitrogens with zero attached hydrogens (tertiary/aromatic N) is 1. The predicted molar refractivity (Wildman–Crippen MR) is 121 cm³/mol. The van der Waals surface area contributed by atoms with E-state index in [0.717, 1.165) is 32.4 Å². The lowest BCUT2D eigenvalue weighted by Crippen LogP contribution is -2.43. The van der Waals surface area contributed by atoms with Gasteiger partial charge in [0.2, 0.25) is 0 Å². The van der Waals surface area contributed by atoms with Crippen molar-refractivity contribution in [1.82, 2.24) is 4.90 Å². The maximum absolute atomic E-state index is 12.9. The summed E-state index contributed by atoms with van der Waals surface area (Å²) in [6.07, 6.45) is 6.50. The summed E-state index contributed by atoms with van der Waals surface area (Å²) < 4.78 is 11.6. The van der Waals surface area contributed by atoms with Crippen molar-refractivity contribution in [2.75, 3.05) is 32.0 Å². The van der Waals surface area contributed by atoms with Crippen LogP contribution in [0, 0.1) is 0 Å². The van der Waals surface area contributed by atoms with Crippen LogP contribution in [0.5, 0.6) is 5.75 Å². The second-order valence-corrected chi connectivity index (χ2v) is 8.00. The molecule has 2 aromatic carbocycles. The first-order chi connectivity index (χ1) is 14.7. The Labute approximate surface area is 180 Å². The minimum absolute atomic E-state index is 0.176. The third kappa shape index (κ3) is 6.49. The number of hydrogen-bond donors (Lipinski definition) is 1. The van der Waals surface area contributed by atoms with Crippen molar-refractivity contribution < 1.29 is 14.3 Å². The normalized spacial score (nSPS) is 15.5. The Kier molecular flexibility index (Phi) is 8.57. The van der Waals surface area contributed by atoms with E-state index in [9.17, 15) is 4.79 Å². The van der Waals surface area contributed by atoms with Crippen LogP contribution in [0.2, 0.25) is 0 Å². The van der Waals surface area contributed by atoms with Gasteiger partial charge in [0, 0.05) is 17.8 Å². The molecule has 0 saturated carbocycles. The average Bonchev–Trinajstić information content (AvgIpc) is 2.78. The second kappa shape index (κ2) is 11.6. The smallest absolute Gasteiger partial charge is 0.341 e. The van der Waals surface area contributed by atoms with E-state index in [0.29, 0.717) is 30.2 Å². The number of carbonyl (C=O) groups excluding carboxylic acids is 1. The molecule has 1 atom stereocenters. The fourth-order valence-electron chi connectivity index (χ4n) is 3.87. The highest BCUT2D eigenvalue weighted by Gasteiger charge is 2.24. The zero-order valence-corrected chi connectivity index (χ0v) is 18.0. The molecule has 1 fully saturated rings. The summed E-state index contributed by atoms with van der Waals surface area (Å²) in [5.74, 6) is 0.155. The maximum atomic E-state index is 12.9. The van der Waals surface area contributed by atoms with Gasteiger partial charge < -0.3 is 15.2 Å². The molecule has 3 rings (SSSR count). The third-order valence-electron chi connectivity index (χ3n) is 5.61. The number of carbonyl (C=O) groups is 1. The highest BCUT2D eigenvalue weighted by atomic mass is 16.5. The predicted octanol–water partition coefficient (Wildman–Crippen LogP) is 4.70. The summed E-state index contributed by atoms with van der Waals surface area (Å²) in [7, 11) is 0. The number of esters is 1. The Morgan fingerprint density at radius 3 is 2.60 bits per heavy atom. The molecule has 5 nitrogen and oxygen atoms in total. The Balaban J connectivity index is 1.67. The lowest BCUT2D eigenvalue weighted by Gasteiger charge is -2.34. The van der Waals surface area contributed by atoms with E-state index in [1.807, 2.05) is 6.07 Å². The monoisotopic (exact) mass is 410 g/mol. The fraction of sp³-hybridized carbons (Fsp3) is 0.480. The third-order valence-corrected chi connectivity index (χ3v) is 5.61. The molecule has 0 bridgehead atoms. The molecule has 162 valence electrons. The summed E-state index contributed by atoms with van der Waals surface area (Å²) in [5, 5.41) is 0. The Morgan fingerprint density at radius 1 is 1.10 bits per heavy atom. The first-order valence-electron chi connectivity index (χ1n) is 11.1. The molecule has 1 saturated heterocycles. The number of rotatable bonds is 10. The molecule has 0 radical (unpaired) electrons. The van der Waals surface area contributed by atoms with Crippen molar-refractivity contribution >= 4 is 11.7 Å². The summed E-state index contributed by atoms with van der Waals surface area (Å²) in [6, 6.07) is 15.7. The lowest BCUT2D eigenvalue weighted by molar-refractivity contribution is 0.0316. The van der Waals surface area contributed by atoms with Crippen LogP contribution in [0.1, 0.15) is 54.9 Å². The standard InChI is InChI=1S/C25H34N2O3/c1-2-3-16-29-24-18-21(26)12-13-23(24)25(28)30-19-22(27-14-8-5-9-15-27)17-20-10-6-4-7-11-20/h4,6-7,10-13,18,22H,2-3,5,8-9,14-17,19,26H2,1H3/t22-/m0/s1. The Hall–Kier alpha value is -2.53. The van der Waals surface area contributed by atoms with Crippen LogP contribution in [0.25, 0.3) is 0 Å². The number of piperidine rings is 1. The van der Waals surface area contributed by atoms with Gasteiger partial charge in [-0.2, -0.15) is 0 Å². The van der Waals surface area contributed by atoms with Crippen molar-refractivity contribution in [3.05, 3.63) is 59.7 Å². The molecule has 1 aliphatic heterocycles. The van der Waals surface area contributed by atoms with Gasteiger partial charge in [-0.1, -0.05) is 50.1 Å². The minimum atomic E-state index is -0.350. The molecular weight excluding hydrogens is 376 g/mol. The first kappa shape index (κ1) is 22.2. The molecule has 30 heavy (non-hydrogen) atoms. The van der Waals surface area contributed by atoms with E-state index in [1.165, 1.54) is 24.8 Å². The lowest BCUT2D eigenvalue weighted by atomic mass is 10.0. The van der Waals surface area contributed by atoms with E-state index in [1.54, 1.807) is 18.2 Å². The zero-order chi connectivity index (χ0) is 21.2. The van der Waals surface area contributed by atoms with E-state index >= 15 is 0 Å². The van der Waals surface area contributed by atoms with Crippen molar-refractivity contribution in [2.45, 2.75) is 51.5 Å². The molecule has 0 aliphatic carbocycles. The van der Waals surface area contributed by atoms with Gasteiger partial charge in [-0.25, -0.2) is 4.79 Å². The quantitative estimate of drug-likeness (QED) is 0.349. The highest BCUT2D eigenvalue weighted by Crippen LogP contribution is 2.24. The number of nitrogens with two attached hydrogens (primary N) is 1. The van der Waals surface area contributed by atoms with Gasteiger partial charge in [-0.3, -0.25) is 4.90 Å². The molecule has 0 unspecified atom stereocenters. The second-order valence-electron chi connectivity index (χ2n) is 8.00. The van der Waals surface area contributed by atoms with Gasteiger partial charge in [0.05, 0.1) is 6.61 Å². The van der Waals surface area contributed by atoms with Crippen LogP contribution in [0.3, 0.4) is 0 Å². The van der Waals surface area contributed by atoms with Gasteiger partial charge in [0.15, 0.2) is 0 Å². The Bertz CT molecular complexity index is 788. The van der Waals surface area contributed by atoms with Gasteiger partial charge >= 0.3 is 5.97 Å². The molecule has 0 aromatic heterocycles. The van der Waals surface area contributed by atoms with Crippen molar-refractivity contribution in [2.24, 2.45) is 0 Å². The van der Waals surface area contributed by atoms with E-state index in [4.69, 9.17) is 15.2 Å². The van der Waals surface area contributed by atoms with Gasteiger partial charge in [0.25, 0.3) is 0 Å². The summed E-state index contributed by atoms with van der Waals surface area (Å²) in [4.78, 5) is 15.4. The highest BCUT2D eigenvalue weighted by molar-refractivity contribution is 5.93. The van der Waals surface area contributed by atoms with E-state index in [-0.39, 0.29) is 12.0 Å². The molecule has 5 heteroatoms. The van der Waals surface area contributed by atoms with Crippen LogP contribution in [0.15, 0.2) is 48.5 Å². The van der Waals surface area contributed by atoms with E-state index in [2.05, 4.69) is 36.1 Å². The summed E-state index contributed by atoms with van der Waals surface area (Å²) >= 11 is 0. The molecule has 2 aromatic rings. The largest absolute Gasteiger partial charge is 0.493 e. The Morgan fingerprint density at radius 2 is 1.87 bits per heavy atom. The van der Waals surface area contributed by atoms with Gasteiger partial charge in [-0.05, 0) is 56.5 Å². The van der Waals surface area contributed by atoms with Crippen molar-refractivity contribution in [3.63, 3.8) is 0 Å². The van der Waals surface area contributed by atoms with Crippen LogP contribution in [-0.2, 0) is 11.2 Å². The summed E-state index contributed by atoms with van der Waals surface area (Å²) in [5.41, 5.74) is 8.18. The number of ether oxygens (including phenoxy) is 2. The van der Waals surface area contributed by atoms with E-state index < -0.39 is 0 Å². The number of unbranched alkanes of at least 4 members (excludes halogenated alkanes) is 1. The maximum Gasteiger partial charge on any atom is 0.341 e. The van der Waals surface area contributed by atoms with Crippen molar-refractivity contribution in [3.8, 4) is 5.75 Å².